The Morgan fingerprint density at radius 1 is 1.23 bits per heavy atom. The van der Waals surface area contributed by atoms with E-state index in [9.17, 15) is 22.8 Å². The van der Waals surface area contributed by atoms with Crippen LogP contribution in [0.1, 0.15) is 33.3 Å². The number of amides is 1. The summed E-state index contributed by atoms with van der Waals surface area (Å²) in [6.07, 6.45) is -2.72. The molecule has 156 valence electrons. The van der Waals surface area contributed by atoms with Gasteiger partial charge in [-0.15, -0.1) is 0 Å². The lowest BCUT2D eigenvalue weighted by atomic mass is 10.2. The normalized spacial score (nSPS) is 11.2. The van der Waals surface area contributed by atoms with Crippen molar-refractivity contribution in [2.75, 3.05) is 11.9 Å². The number of benzene rings is 1. The molecule has 3 rings (SSSR count). The molecule has 1 amide bonds. The molecule has 0 saturated heterocycles. The van der Waals surface area contributed by atoms with Crippen LogP contribution >= 0.6 is 11.6 Å². The molecule has 0 radical (unpaired) electrons. The molecule has 0 saturated carbocycles. The molecule has 0 fully saturated rings. The minimum absolute atomic E-state index is 0.0107. The second-order valence-corrected chi connectivity index (χ2v) is 6.30. The summed E-state index contributed by atoms with van der Waals surface area (Å²) in [6.45, 7) is 1.40. The van der Waals surface area contributed by atoms with E-state index in [1.807, 2.05) is 0 Å². The predicted octanol–water partition coefficient (Wildman–Crippen LogP) is 4.37. The number of esters is 1. The molecule has 1 aromatic carbocycles. The van der Waals surface area contributed by atoms with Crippen LogP contribution in [0.25, 0.3) is 5.69 Å². The first kappa shape index (κ1) is 21.3. The van der Waals surface area contributed by atoms with Gasteiger partial charge in [-0.25, -0.2) is 14.5 Å². The maximum absolute atomic E-state index is 13.6. The average Bonchev–Trinajstić information content (AvgIpc) is 3.14. The van der Waals surface area contributed by atoms with Crippen LogP contribution in [0.2, 0.25) is 5.15 Å². The molecule has 0 atom stereocenters. The molecule has 0 aliphatic rings. The van der Waals surface area contributed by atoms with E-state index >= 15 is 0 Å². The largest absolute Gasteiger partial charge is 0.462 e. The Labute approximate surface area is 173 Å². The number of nitrogens with zero attached hydrogens (tertiary/aromatic N) is 3. The van der Waals surface area contributed by atoms with E-state index in [4.69, 9.17) is 11.6 Å². The molecule has 2 aromatic heterocycles. The van der Waals surface area contributed by atoms with Crippen LogP contribution in [0.15, 0.2) is 48.8 Å². The summed E-state index contributed by atoms with van der Waals surface area (Å²) in [5.74, 6) is -1.66. The van der Waals surface area contributed by atoms with Crippen LogP contribution < -0.4 is 5.32 Å². The number of ether oxygens (including phenoxy) is 1. The van der Waals surface area contributed by atoms with E-state index in [0.29, 0.717) is 4.68 Å². The third kappa shape index (κ3) is 4.60. The van der Waals surface area contributed by atoms with Crippen LogP contribution in [-0.2, 0) is 10.9 Å². The van der Waals surface area contributed by atoms with Gasteiger partial charge in [0.2, 0.25) is 0 Å². The molecule has 11 heteroatoms. The summed E-state index contributed by atoms with van der Waals surface area (Å²) >= 11 is 5.76. The molecule has 2 heterocycles. The second-order valence-electron chi connectivity index (χ2n) is 5.91. The van der Waals surface area contributed by atoms with Crippen molar-refractivity contribution in [3.05, 3.63) is 70.8 Å². The van der Waals surface area contributed by atoms with Gasteiger partial charge in [0.05, 0.1) is 18.5 Å². The van der Waals surface area contributed by atoms with Gasteiger partial charge in [-0.1, -0.05) is 17.7 Å². The maximum Gasteiger partial charge on any atom is 0.434 e. The summed E-state index contributed by atoms with van der Waals surface area (Å²) in [7, 11) is 0. The number of hydrogen-bond acceptors (Lipinski definition) is 5. The van der Waals surface area contributed by atoms with E-state index < -0.39 is 29.3 Å². The molecular weight excluding hydrogens is 425 g/mol. The van der Waals surface area contributed by atoms with Gasteiger partial charge < -0.3 is 10.1 Å². The topological polar surface area (TPSA) is 86.1 Å². The van der Waals surface area contributed by atoms with Crippen molar-refractivity contribution >= 4 is 29.2 Å². The Hall–Kier alpha value is -3.40. The van der Waals surface area contributed by atoms with E-state index in [1.54, 1.807) is 0 Å². The summed E-state index contributed by atoms with van der Waals surface area (Å²) in [4.78, 5) is 28.0. The van der Waals surface area contributed by atoms with Crippen LogP contribution in [0.4, 0.5) is 18.9 Å². The third-order valence-corrected chi connectivity index (χ3v) is 4.08. The average molecular weight is 439 g/mol. The highest BCUT2D eigenvalue weighted by molar-refractivity contribution is 6.29. The predicted molar refractivity (Wildman–Crippen MR) is 102 cm³/mol. The smallest absolute Gasteiger partial charge is 0.434 e. The Kier molecular flexibility index (Phi) is 6.06. The lowest BCUT2D eigenvalue weighted by molar-refractivity contribution is -0.143. The van der Waals surface area contributed by atoms with Gasteiger partial charge in [0, 0.05) is 17.4 Å². The van der Waals surface area contributed by atoms with Crippen molar-refractivity contribution in [1.82, 2.24) is 14.8 Å². The van der Waals surface area contributed by atoms with Crippen LogP contribution in [0, 0.1) is 0 Å². The van der Waals surface area contributed by atoms with Gasteiger partial charge in [-0.3, -0.25) is 4.79 Å². The summed E-state index contributed by atoms with van der Waals surface area (Å²) in [5, 5.41) is 6.39. The second kappa shape index (κ2) is 8.54. The van der Waals surface area contributed by atoms with Gasteiger partial charge >= 0.3 is 12.1 Å². The van der Waals surface area contributed by atoms with Gasteiger partial charge in [-0.2, -0.15) is 18.3 Å². The number of halogens is 4. The number of aromatic nitrogens is 3. The fraction of sp³-hybridized carbons (Fsp3) is 0.158. The molecule has 0 aliphatic heterocycles. The molecule has 0 bridgehead atoms. The van der Waals surface area contributed by atoms with Crippen molar-refractivity contribution in [3.63, 3.8) is 0 Å². The quantitative estimate of drug-likeness (QED) is 0.472. The van der Waals surface area contributed by atoms with E-state index in [-0.39, 0.29) is 28.7 Å². The van der Waals surface area contributed by atoms with Crippen molar-refractivity contribution in [2.45, 2.75) is 13.1 Å². The van der Waals surface area contributed by atoms with E-state index in [2.05, 4.69) is 20.1 Å². The van der Waals surface area contributed by atoms with Crippen molar-refractivity contribution < 1.29 is 27.5 Å². The summed E-state index contributed by atoms with van der Waals surface area (Å²) in [5.41, 5.74) is -1.55. The van der Waals surface area contributed by atoms with Gasteiger partial charge in [0.1, 0.15) is 10.7 Å². The first-order valence-electron chi connectivity index (χ1n) is 8.56. The zero-order chi connectivity index (χ0) is 21.9. The fourth-order valence-corrected chi connectivity index (χ4v) is 2.81. The SMILES string of the molecule is CCOC(=O)c1cnn(-c2cccc(NC(=O)c3ccnc(Cl)c3)c2)c1C(F)(F)F. The van der Waals surface area contributed by atoms with Crippen molar-refractivity contribution in [3.8, 4) is 5.69 Å². The number of alkyl halides is 3. The van der Waals surface area contributed by atoms with Gasteiger partial charge in [-0.05, 0) is 37.3 Å². The third-order valence-electron chi connectivity index (χ3n) is 3.87. The summed E-state index contributed by atoms with van der Waals surface area (Å²) < 4.78 is 46.2. The lowest BCUT2D eigenvalue weighted by Crippen LogP contribution is -2.18. The Morgan fingerprint density at radius 2 is 2.00 bits per heavy atom. The van der Waals surface area contributed by atoms with Gasteiger partial charge in [0.25, 0.3) is 5.91 Å². The fourth-order valence-electron chi connectivity index (χ4n) is 2.64. The highest BCUT2D eigenvalue weighted by Crippen LogP contribution is 2.34. The first-order valence-corrected chi connectivity index (χ1v) is 8.94. The molecule has 1 N–H and O–H groups in total. The van der Waals surface area contributed by atoms with E-state index in [0.717, 1.165) is 6.20 Å². The standard InChI is InChI=1S/C19H14ClF3N4O3/c1-2-30-18(29)14-10-25-27(16(14)19(21,22)23)13-5-3-4-12(9-13)26-17(28)11-6-7-24-15(20)8-11/h3-10H,2H2,1H3,(H,26,28). The highest BCUT2D eigenvalue weighted by atomic mass is 35.5. The number of rotatable bonds is 5. The van der Waals surface area contributed by atoms with E-state index in [1.165, 1.54) is 49.5 Å². The lowest BCUT2D eigenvalue weighted by Gasteiger charge is -2.13. The molecular formula is C19H14ClF3N4O3. The number of carbonyl (C=O) groups is 2. The Bertz CT molecular complexity index is 1100. The minimum Gasteiger partial charge on any atom is -0.462 e. The molecule has 0 spiro atoms. The van der Waals surface area contributed by atoms with Crippen molar-refractivity contribution in [2.24, 2.45) is 0 Å². The van der Waals surface area contributed by atoms with Crippen LogP contribution in [-0.4, -0.2) is 33.2 Å². The highest BCUT2D eigenvalue weighted by Gasteiger charge is 2.41. The van der Waals surface area contributed by atoms with Crippen molar-refractivity contribution in [1.29, 1.82) is 0 Å². The number of carbonyl (C=O) groups excluding carboxylic acids is 2. The monoisotopic (exact) mass is 438 g/mol. The summed E-state index contributed by atoms with van der Waals surface area (Å²) in [6, 6.07) is 8.37. The molecule has 7 nitrogen and oxygen atoms in total. The molecule has 30 heavy (non-hydrogen) atoms. The maximum atomic E-state index is 13.6. The molecule has 3 aromatic rings. The Balaban J connectivity index is 1.96. The molecule has 0 unspecified atom stereocenters. The number of pyridine rings is 1. The number of anilines is 1. The van der Waals surface area contributed by atoms with Crippen LogP contribution in [0.3, 0.4) is 0 Å². The number of nitrogens with one attached hydrogen (secondary N) is 1. The zero-order valence-corrected chi connectivity index (χ0v) is 16.2. The first-order chi connectivity index (χ1) is 14.2. The number of hydrogen-bond donors (Lipinski definition) is 1. The zero-order valence-electron chi connectivity index (χ0n) is 15.4. The van der Waals surface area contributed by atoms with Crippen LogP contribution in [0.5, 0.6) is 0 Å². The molecule has 0 aliphatic carbocycles. The Morgan fingerprint density at radius 3 is 2.67 bits per heavy atom. The van der Waals surface area contributed by atoms with Gasteiger partial charge in [0.15, 0.2) is 5.69 Å². The minimum atomic E-state index is -4.87.